The van der Waals surface area contributed by atoms with Crippen molar-refractivity contribution in [1.29, 1.82) is 0 Å². The summed E-state index contributed by atoms with van der Waals surface area (Å²) in [6.45, 7) is 0. The van der Waals surface area contributed by atoms with Gasteiger partial charge in [-0.2, -0.15) is 0 Å². The van der Waals surface area contributed by atoms with E-state index in [0.717, 1.165) is 0 Å². The van der Waals surface area contributed by atoms with E-state index in [9.17, 15) is 9.36 Å². The van der Waals surface area contributed by atoms with Crippen LogP contribution in [0.2, 0.25) is 5.02 Å². The Hall–Kier alpha value is -0.870. The van der Waals surface area contributed by atoms with Crippen molar-refractivity contribution in [2.24, 2.45) is 0 Å². The molecule has 5 nitrogen and oxygen atoms in total. The molecule has 0 aromatic heterocycles. The standard InChI is InChI=1S/C10H13ClNO4P/c1-12(2)17(14,15-3)16-10(13)8-4-6-9(11)7-5-8/h4-7H,1-3H3. The third-order valence-corrected chi connectivity index (χ3v) is 4.09. The molecule has 0 radical (unpaired) electrons. The molecule has 0 aliphatic carbocycles. The molecule has 0 aliphatic heterocycles. The summed E-state index contributed by atoms with van der Waals surface area (Å²) in [4.78, 5) is 11.7. The smallest absolute Gasteiger partial charge is 0.376 e. The molecule has 94 valence electrons. The Morgan fingerprint density at radius 3 is 2.24 bits per heavy atom. The van der Waals surface area contributed by atoms with Crippen LogP contribution in [0.25, 0.3) is 0 Å². The van der Waals surface area contributed by atoms with E-state index in [1.165, 1.54) is 38.0 Å². The van der Waals surface area contributed by atoms with Crippen molar-refractivity contribution >= 4 is 25.3 Å². The number of hydrogen-bond donors (Lipinski definition) is 0. The highest BCUT2D eigenvalue weighted by Crippen LogP contribution is 2.49. The van der Waals surface area contributed by atoms with E-state index in [1.807, 2.05) is 0 Å². The summed E-state index contributed by atoms with van der Waals surface area (Å²) >= 11 is 5.69. The van der Waals surface area contributed by atoms with Gasteiger partial charge in [0.15, 0.2) is 0 Å². The molecule has 0 spiro atoms. The molecule has 1 aromatic rings. The fourth-order valence-corrected chi connectivity index (χ4v) is 2.03. The minimum atomic E-state index is -3.55. The first kappa shape index (κ1) is 14.2. The second kappa shape index (κ2) is 5.65. The van der Waals surface area contributed by atoms with Crippen molar-refractivity contribution in [2.45, 2.75) is 0 Å². The monoisotopic (exact) mass is 277 g/mol. The Labute approximate surface area is 105 Å². The van der Waals surface area contributed by atoms with Gasteiger partial charge in [0.1, 0.15) is 0 Å². The summed E-state index contributed by atoms with van der Waals surface area (Å²) in [5, 5.41) is 0.504. The maximum Gasteiger partial charge on any atom is 0.462 e. The zero-order chi connectivity index (χ0) is 13.1. The first-order valence-corrected chi connectivity index (χ1v) is 6.59. The average molecular weight is 278 g/mol. The van der Waals surface area contributed by atoms with Crippen LogP contribution >= 0.6 is 19.3 Å². The van der Waals surface area contributed by atoms with Crippen molar-refractivity contribution in [3.05, 3.63) is 34.9 Å². The van der Waals surface area contributed by atoms with Gasteiger partial charge in [-0.05, 0) is 38.4 Å². The topological polar surface area (TPSA) is 55.8 Å². The molecule has 17 heavy (non-hydrogen) atoms. The molecule has 0 bridgehead atoms. The van der Waals surface area contributed by atoms with Gasteiger partial charge in [-0.25, -0.2) is 14.0 Å². The molecule has 0 saturated heterocycles. The highest BCUT2D eigenvalue weighted by Gasteiger charge is 2.31. The van der Waals surface area contributed by atoms with Gasteiger partial charge in [0.25, 0.3) is 0 Å². The molecular weight excluding hydrogens is 265 g/mol. The van der Waals surface area contributed by atoms with Crippen molar-refractivity contribution < 1.29 is 18.4 Å². The van der Waals surface area contributed by atoms with E-state index in [2.05, 4.69) is 0 Å². The molecule has 1 rings (SSSR count). The van der Waals surface area contributed by atoms with Crippen molar-refractivity contribution in [3.63, 3.8) is 0 Å². The third kappa shape index (κ3) is 3.54. The summed E-state index contributed by atoms with van der Waals surface area (Å²) in [6.07, 6.45) is 0. The summed E-state index contributed by atoms with van der Waals surface area (Å²) in [6, 6.07) is 6.07. The Kier molecular flexibility index (Phi) is 4.71. The van der Waals surface area contributed by atoms with Crippen LogP contribution in [0, 0.1) is 0 Å². The van der Waals surface area contributed by atoms with Gasteiger partial charge >= 0.3 is 13.7 Å². The van der Waals surface area contributed by atoms with Crippen LogP contribution < -0.4 is 0 Å². The van der Waals surface area contributed by atoms with Crippen molar-refractivity contribution in [2.75, 3.05) is 21.2 Å². The summed E-state index contributed by atoms with van der Waals surface area (Å²) < 4.78 is 22.8. The van der Waals surface area contributed by atoms with E-state index < -0.39 is 13.7 Å². The molecule has 1 atom stereocenters. The molecular formula is C10H13ClNO4P. The molecule has 0 aliphatic rings. The lowest BCUT2D eigenvalue weighted by atomic mass is 10.2. The van der Waals surface area contributed by atoms with Gasteiger partial charge in [0.05, 0.1) is 5.56 Å². The quantitative estimate of drug-likeness (QED) is 0.792. The predicted octanol–water partition coefficient (Wildman–Crippen LogP) is 2.81. The Balaban J connectivity index is 2.85. The maximum atomic E-state index is 12.0. The van der Waals surface area contributed by atoms with E-state index in [-0.39, 0.29) is 5.56 Å². The SMILES string of the molecule is COP(=O)(OC(=O)c1ccc(Cl)cc1)N(C)C. The van der Waals surface area contributed by atoms with E-state index >= 15 is 0 Å². The lowest BCUT2D eigenvalue weighted by molar-refractivity contribution is 0.0683. The van der Waals surface area contributed by atoms with Crippen LogP contribution in [0.4, 0.5) is 0 Å². The Morgan fingerprint density at radius 1 is 1.29 bits per heavy atom. The summed E-state index contributed by atoms with van der Waals surface area (Å²) in [5.74, 6) is -0.722. The van der Waals surface area contributed by atoms with E-state index in [1.54, 1.807) is 12.1 Å². The number of hydrogen-bond acceptors (Lipinski definition) is 4. The fraction of sp³-hybridized carbons (Fsp3) is 0.300. The largest absolute Gasteiger partial charge is 0.462 e. The van der Waals surface area contributed by atoms with Crippen molar-refractivity contribution in [1.82, 2.24) is 4.67 Å². The number of halogens is 1. The average Bonchev–Trinajstić information content (AvgIpc) is 2.29. The number of nitrogens with zero attached hydrogens (tertiary/aromatic N) is 1. The summed E-state index contributed by atoms with van der Waals surface area (Å²) in [5.41, 5.74) is 0.258. The molecule has 1 aromatic carbocycles. The van der Waals surface area contributed by atoms with Crippen LogP contribution in [0.15, 0.2) is 24.3 Å². The van der Waals surface area contributed by atoms with Crippen LogP contribution in [0.1, 0.15) is 10.4 Å². The number of benzene rings is 1. The number of carbonyl (C=O) groups excluding carboxylic acids is 1. The van der Waals surface area contributed by atoms with Crippen LogP contribution in [-0.2, 0) is 13.6 Å². The highest BCUT2D eigenvalue weighted by atomic mass is 35.5. The van der Waals surface area contributed by atoms with Gasteiger partial charge in [0, 0.05) is 12.1 Å². The Morgan fingerprint density at radius 2 is 1.82 bits per heavy atom. The zero-order valence-corrected chi connectivity index (χ0v) is 11.4. The first-order valence-electron chi connectivity index (χ1n) is 4.72. The zero-order valence-electron chi connectivity index (χ0n) is 9.71. The van der Waals surface area contributed by atoms with E-state index in [4.69, 9.17) is 20.6 Å². The Bertz CT molecular complexity index is 446. The lowest BCUT2D eigenvalue weighted by Crippen LogP contribution is -2.15. The number of carbonyl (C=O) groups is 1. The van der Waals surface area contributed by atoms with Crippen LogP contribution in [0.5, 0.6) is 0 Å². The fourth-order valence-electron chi connectivity index (χ4n) is 1.03. The first-order chi connectivity index (χ1) is 7.89. The molecule has 0 N–H and O–H groups in total. The second-order valence-electron chi connectivity index (χ2n) is 3.38. The second-order valence-corrected chi connectivity index (χ2v) is 6.11. The van der Waals surface area contributed by atoms with Gasteiger partial charge in [-0.1, -0.05) is 11.6 Å². The maximum absolute atomic E-state index is 12.0. The van der Waals surface area contributed by atoms with Gasteiger partial charge in [0.2, 0.25) is 0 Å². The lowest BCUT2D eigenvalue weighted by Gasteiger charge is -2.21. The minimum Gasteiger partial charge on any atom is -0.376 e. The third-order valence-electron chi connectivity index (χ3n) is 2.00. The van der Waals surface area contributed by atoms with Gasteiger partial charge < -0.3 is 4.52 Å². The highest BCUT2D eigenvalue weighted by molar-refractivity contribution is 7.51. The minimum absolute atomic E-state index is 0.258. The van der Waals surface area contributed by atoms with Gasteiger partial charge in [-0.15, -0.1) is 0 Å². The molecule has 1 unspecified atom stereocenters. The van der Waals surface area contributed by atoms with Crippen molar-refractivity contribution in [3.8, 4) is 0 Å². The molecule has 0 amide bonds. The predicted molar refractivity (Wildman–Crippen MR) is 65.2 cm³/mol. The van der Waals surface area contributed by atoms with Crippen LogP contribution in [0.3, 0.4) is 0 Å². The van der Waals surface area contributed by atoms with Crippen LogP contribution in [-0.4, -0.2) is 31.8 Å². The summed E-state index contributed by atoms with van der Waals surface area (Å²) in [7, 11) is 0.662. The number of rotatable bonds is 4. The normalized spacial score (nSPS) is 14.4. The molecule has 0 heterocycles. The molecule has 0 saturated carbocycles. The van der Waals surface area contributed by atoms with E-state index in [0.29, 0.717) is 5.02 Å². The molecule has 0 fully saturated rings. The van der Waals surface area contributed by atoms with Gasteiger partial charge in [-0.3, -0.25) is 4.52 Å². The molecule has 7 heteroatoms.